The molecule has 3 atom stereocenters. The molecule has 0 amide bonds. The van der Waals surface area contributed by atoms with E-state index in [1.165, 1.54) is 6.92 Å². The Morgan fingerprint density at radius 3 is 2.65 bits per heavy atom. The van der Waals surface area contributed by atoms with Crippen LogP contribution in [0.3, 0.4) is 0 Å². The number of hydrogen-bond donors (Lipinski definition) is 0. The summed E-state index contributed by atoms with van der Waals surface area (Å²) in [5.74, 6) is 0.350. The van der Waals surface area contributed by atoms with E-state index in [0.717, 1.165) is 0 Å². The summed E-state index contributed by atoms with van der Waals surface area (Å²) in [7, 11) is 1.57. The van der Waals surface area contributed by atoms with Crippen LogP contribution in [0, 0.1) is 0 Å². The minimum absolute atomic E-state index is 0.144. The molecule has 0 aromatic rings. The summed E-state index contributed by atoms with van der Waals surface area (Å²) in [5.41, 5.74) is 0. The molecule has 0 spiro atoms. The zero-order valence-electron chi connectivity index (χ0n) is 10.6. The molecule has 0 saturated carbocycles. The van der Waals surface area contributed by atoms with E-state index < -0.39 is 0 Å². The fourth-order valence-corrected chi connectivity index (χ4v) is 1.76. The van der Waals surface area contributed by atoms with Gasteiger partial charge in [0.1, 0.15) is 12.7 Å². The zero-order valence-corrected chi connectivity index (χ0v) is 10.6. The summed E-state index contributed by atoms with van der Waals surface area (Å²) in [4.78, 5) is 10.9. The molecule has 0 N–H and O–H groups in total. The molecule has 0 bridgehead atoms. The maximum absolute atomic E-state index is 10.9. The van der Waals surface area contributed by atoms with Crippen LogP contribution in [0.25, 0.3) is 0 Å². The highest BCUT2D eigenvalue weighted by Crippen LogP contribution is 2.23. The summed E-state index contributed by atoms with van der Waals surface area (Å²) in [6.07, 6.45) is 0.498. The van der Waals surface area contributed by atoms with Crippen molar-refractivity contribution in [1.82, 2.24) is 0 Å². The van der Waals surface area contributed by atoms with Crippen LogP contribution in [0.15, 0.2) is 12.3 Å². The van der Waals surface area contributed by atoms with Crippen LogP contribution in [-0.4, -0.2) is 38.2 Å². The summed E-state index contributed by atoms with van der Waals surface area (Å²) >= 11 is 0. The Balaban J connectivity index is 2.47. The van der Waals surface area contributed by atoms with E-state index in [1.807, 2.05) is 0 Å². The Labute approximate surface area is 102 Å². The maximum Gasteiger partial charge on any atom is 0.302 e. The van der Waals surface area contributed by atoms with Crippen molar-refractivity contribution >= 4 is 5.97 Å². The van der Waals surface area contributed by atoms with Crippen molar-refractivity contribution in [3.05, 3.63) is 12.3 Å². The summed E-state index contributed by atoms with van der Waals surface area (Å²) in [5, 5.41) is 0. The Kier molecular flexibility index (Phi) is 5.44. The lowest BCUT2D eigenvalue weighted by Crippen LogP contribution is -2.40. The van der Waals surface area contributed by atoms with Gasteiger partial charge in [-0.05, 0) is 6.92 Å². The molecule has 0 radical (unpaired) electrons. The Morgan fingerprint density at radius 1 is 1.41 bits per heavy atom. The minimum atomic E-state index is -0.355. The van der Waals surface area contributed by atoms with Crippen LogP contribution in [0.5, 0.6) is 0 Å². The molecule has 1 saturated heterocycles. The molecule has 1 heterocycles. The number of ether oxygens (including phenoxy) is 4. The largest absolute Gasteiger partial charge is 0.496 e. The molecular weight excluding hydrogens is 224 g/mol. The second-order valence-corrected chi connectivity index (χ2v) is 4.14. The quantitative estimate of drug-likeness (QED) is 0.543. The monoisotopic (exact) mass is 244 g/mol. The van der Waals surface area contributed by atoms with Crippen molar-refractivity contribution in [1.29, 1.82) is 0 Å². The lowest BCUT2D eigenvalue weighted by Gasteiger charge is -2.33. The second-order valence-electron chi connectivity index (χ2n) is 4.14. The first-order chi connectivity index (χ1) is 8.01. The van der Waals surface area contributed by atoms with Gasteiger partial charge in [-0.2, -0.15) is 0 Å². The molecule has 1 aliphatic rings. The van der Waals surface area contributed by atoms with Crippen molar-refractivity contribution in [3.63, 3.8) is 0 Å². The number of carbonyl (C=O) groups is 1. The normalized spacial score (nSPS) is 28.5. The number of methoxy groups -OCH3 is 1. The van der Waals surface area contributed by atoms with E-state index in [2.05, 4.69) is 6.58 Å². The Hall–Kier alpha value is -1.07. The summed E-state index contributed by atoms with van der Waals surface area (Å²) in [6.45, 7) is 7.22. The first kappa shape index (κ1) is 14.0. The highest BCUT2D eigenvalue weighted by Gasteiger charge is 2.31. The smallest absolute Gasteiger partial charge is 0.302 e. The highest BCUT2D eigenvalue weighted by atomic mass is 16.7. The molecule has 5 nitrogen and oxygen atoms in total. The van der Waals surface area contributed by atoms with Crippen molar-refractivity contribution in [2.75, 3.05) is 13.7 Å². The van der Waals surface area contributed by atoms with Gasteiger partial charge in [-0.25, -0.2) is 0 Å². The molecule has 1 rings (SSSR count). The van der Waals surface area contributed by atoms with Gasteiger partial charge in [0.05, 0.1) is 11.9 Å². The molecule has 5 heteroatoms. The van der Waals surface area contributed by atoms with Gasteiger partial charge in [0.15, 0.2) is 6.29 Å². The number of hydrogen-bond acceptors (Lipinski definition) is 5. The number of carbonyl (C=O) groups excluding carboxylic acids is 1. The van der Waals surface area contributed by atoms with Gasteiger partial charge >= 0.3 is 5.97 Å². The fraction of sp³-hybridized carbons (Fsp3) is 0.750. The topological polar surface area (TPSA) is 54.0 Å². The number of rotatable bonds is 5. The van der Waals surface area contributed by atoms with Crippen molar-refractivity contribution < 1.29 is 23.7 Å². The molecule has 0 aliphatic carbocycles. The maximum atomic E-state index is 10.9. The zero-order chi connectivity index (χ0) is 12.8. The standard InChI is InChI=1S/C12H20O5/c1-8(2)15-7-11-5-10(16-9(3)13)6-12(14-4)17-11/h10-12H,1,5-7H2,2-4H3/t10-,11-,12+/m0/s1. The fourth-order valence-electron chi connectivity index (χ4n) is 1.76. The van der Waals surface area contributed by atoms with Crippen molar-refractivity contribution in [2.24, 2.45) is 0 Å². The highest BCUT2D eigenvalue weighted by molar-refractivity contribution is 5.66. The Morgan fingerprint density at radius 2 is 2.12 bits per heavy atom. The van der Waals surface area contributed by atoms with Crippen LogP contribution >= 0.6 is 0 Å². The third-order valence-electron chi connectivity index (χ3n) is 2.44. The minimum Gasteiger partial charge on any atom is -0.496 e. The van der Waals surface area contributed by atoms with E-state index in [9.17, 15) is 4.79 Å². The van der Waals surface area contributed by atoms with E-state index >= 15 is 0 Å². The van der Waals surface area contributed by atoms with Crippen LogP contribution in [0.4, 0.5) is 0 Å². The molecule has 0 unspecified atom stereocenters. The van der Waals surface area contributed by atoms with Gasteiger partial charge in [-0.15, -0.1) is 0 Å². The van der Waals surface area contributed by atoms with Crippen LogP contribution in [0.2, 0.25) is 0 Å². The number of esters is 1. The van der Waals surface area contributed by atoms with Gasteiger partial charge in [-0.3, -0.25) is 4.79 Å². The molecule has 17 heavy (non-hydrogen) atoms. The molecule has 1 fully saturated rings. The van der Waals surface area contributed by atoms with Crippen molar-refractivity contribution in [3.8, 4) is 0 Å². The molecule has 0 aromatic heterocycles. The predicted octanol–water partition coefficient (Wildman–Crippen LogP) is 1.62. The van der Waals surface area contributed by atoms with Gasteiger partial charge in [0.2, 0.25) is 0 Å². The molecule has 98 valence electrons. The summed E-state index contributed by atoms with van der Waals surface area (Å²) < 4.78 is 21.3. The third-order valence-corrected chi connectivity index (χ3v) is 2.44. The van der Waals surface area contributed by atoms with Gasteiger partial charge in [0.25, 0.3) is 0 Å². The molecule has 1 aliphatic heterocycles. The van der Waals surface area contributed by atoms with Gasteiger partial charge in [0, 0.05) is 26.9 Å². The average Bonchev–Trinajstić information content (AvgIpc) is 2.25. The van der Waals surface area contributed by atoms with Crippen LogP contribution in [0.1, 0.15) is 26.7 Å². The average molecular weight is 244 g/mol. The third kappa shape index (κ3) is 5.19. The number of allylic oxidation sites excluding steroid dienone is 1. The van der Waals surface area contributed by atoms with Crippen LogP contribution < -0.4 is 0 Å². The van der Waals surface area contributed by atoms with E-state index in [4.69, 9.17) is 18.9 Å². The van der Waals surface area contributed by atoms with E-state index in [1.54, 1.807) is 14.0 Å². The second kappa shape index (κ2) is 6.61. The van der Waals surface area contributed by atoms with E-state index in [-0.39, 0.29) is 24.5 Å². The molecular formula is C12H20O5. The van der Waals surface area contributed by atoms with Gasteiger partial charge in [-0.1, -0.05) is 6.58 Å². The predicted molar refractivity (Wildman–Crippen MR) is 61.2 cm³/mol. The lowest BCUT2D eigenvalue weighted by atomic mass is 10.1. The van der Waals surface area contributed by atoms with Gasteiger partial charge < -0.3 is 18.9 Å². The first-order valence-corrected chi connectivity index (χ1v) is 5.65. The van der Waals surface area contributed by atoms with E-state index in [0.29, 0.717) is 25.2 Å². The Bertz CT molecular complexity index is 276. The van der Waals surface area contributed by atoms with Crippen molar-refractivity contribution in [2.45, 2.75) is 45.2 Å². The first-order valence-electron chi connectivity index (χ1n) is 5.65. The molecule has 0 aromatic carbocycles. The van der Waals surface area contributed by atoms with Crippen LogP contribution in [-0.2, 0) is 23.7 Å². The lowest BCUT2D eigenvalue weighted by molar-refractivity contribution is -0.218. The summed E-state index contributed by atoms with van der Waals surface area (Å²) in [6, 6.07) is 0. The SMILES string of the molecule is C=C(C)OC[C@@H]1C[C@H](OC(C)=O)C[C@H](OC)O1.